The molecule has 4 heteroatoms. The van der Waals surface area contributed by atoms with Crippen LogP contribution >= 0.6 is 0 Å². The molecule has 0 spiro atoms. The van der Waals surface area contributed by atoms with Crippen molar-refractivity contribution in [1.29, 1.82) is 0 Å². The molecule has 4 aromatic rings. The molecule has 0 aliphatic heterocycles. The first-order valence-corrected chi connectivity index (χ1v) is 6.66. The van der Waals surface area contributed by atoms with Gasteiger partial charge < -0.3 is 0 Å². The van der Waals surface area contributed by atoms with Crippen LogP contribution in [0.15, 0.2) is 65.5 Å². The summed E-state index contributed by atoms with van der Waals surface area (Å²) in [4.78, 5) is 16.5. The number of H-pyrrole nitrogens is 1. The van der Waals surface area contributed by atoms with E-state index in [2.05, 4.69) is 15.2 Å². The highest BCUT2D eigenvalue weighted by Gasteiger charge is 2.10. The van der Waals surface area contributed by atoms with Crippen molar-refractivity contribution in [2.45, 2.75) is 0 Å². The Labute approximate surface area is 120 Å². The zero-order valence-electron chi connectivity index (χ0n) is 11.1. The van der Waals surface area contributed by atoms with E-state index < -0.39 is 0 Å². The van der Waals surface area contributed by atoms with E-state index in [1.54, 1.807) is 0 Å². The van der Waals surface area contributed by atoms with Gasteiger partial charge in [-0.1, -0.05) is 48.5 Å². The van der Waals surface area contributed by atoms with Crippen LogP contribution < -0.4 is 5.56 Å². The minimum atomic E-state index is -0.268. The molecule has 2 aromatic heterocycles. The van der Waals surface area contributed by atoms with Gasteiger partial charge in [0.05, 0.1) is 5.52 Å². The Bertz CT molecular complexity index is 1010. The van der Waals surface area contributed by atoms with Crippen molar-refractivity contribution < 1.29 is 0 Å². The van der Waals surface area contributed by atoms with Gasteiger partial charge in [-0.2, -0.15) is 5.10 Å². The third-order valence-corrected chi connectivity index (χ3v) is 3.51. The molecule has 1 N–H and O–H groups in total. The second-order valence-electron chi connectivity index (χ2n) is 4.84. The Morgan fingerprint density at radius 2 is 1.67 bits per heavy atom. The molecule has 0 aliphatic carbocycles. The van der Waals surface area contributed by atoms with Gasteiger partial charge in [-0.15, -0.1) is 0 Å². The highest BCUT2D eigenvalue weighted by atomic mass is 16.1. The zero-order valence-corrected chi connectivity index (χ0v) is 11.1. The first kappa shape index (κ1) is 11.8. The molecule has 0 radical (unpaired) electrons. The van der Waals surface area contributed by atoms with Gasteiger partial charge >= 0.3 is 0 Å². The summed E-state index contributed by atoms with van der Waals surface area (Å²) in [6.07, 6.45) is 0. The van der Waals surface area contributed by atoms with Crippen molar-refractivity contribution in [3.63, 3.8) is 0 Å². The number of nitrogens with zero attached hydrogens (tertiary/aromatic N) is 2. The summed E-state index contributed by atoms with van der Waals surface area (Å²) in [5, 5.41) is 8.51. The normalized spacial score (nSPS) is 11.0. The molecular weight excluding hydrogens is 262 g/mol. The second kappa shape index (κ2) is 4.52. The summed E-state index contributed by atoms with van der Waals surface area (Å²) >= 11 is 0. The maximum Gasteiger partial charge on any atom is 0.290 e. The van der Waals surface area contributed by atoms with Crippen molar-refractivity contribution in [2.24, 2.45) is 0 Å². The topological polar surface area (TPSA) is 58.6 Å². The van der Waals surface area contributed by atoms with Gasteiger partial charge in [0.25, 0.3) is 5.56 Å². The monoisotopic (exact) mass is 273 g/mol. The summed E-state index contributed by atoms with van der Waals surface area (Å²) in [5.41, 5.74) is 2.65. The summed E-state index contributed by atoms with van der Waals surface area (Å²) in [7, 11) is 0. The van der Waals surface area contributed by atoms with Crippen LogP contribution in [0.1, 0.15) is 0 Å². The van der Waals surface area contributed by atoms with Crippen molar-refractivity contribution in [2.75, 3.05) is 0 Å². The average molecular weight is 273 g/mol. The molecule has 2 heterocycles. The number of fused-ring (bicyclic) bond motifs is 2. The lowest BCUT2D eigenvalue weighted by Gasteiger charge is -2.06. The molecule has 4 nitrogen and oxygen atoms in total. The molecule has 0 unspecified atom stereocenters. The van der Waals surface area contributed by atoms with E-state index in [0.29, 0.717) is 5.52 Å². The van der Waals surface area contributed by atoms with E-state index in [1.165, 1.54) is 0 Å². The first-order chi connectivity index (χ1) is 10.3. The third-order valence-electron chi connectivity index (χ3n) is 3.51. The minimum absolute atomic E-state index is 0.268. The number of aromatic amines is 1. The fourth-order valence-electron chi connectivity index (χ4n) is 2.51. The van der Waals surface area contributed by atoms with Crippen molar-refractivity contribution in [3.05, 3.63) is 71.0 Å². The highest BCUT2D eigenvalue weighted by Crippen LogP contribution is 2.25. The Morgan fingerprint density at radius 3 is 2.52 bits per heavy atom. The van der Waals surface area contributed by atoms with Gasteiger partial charge in [-0.05, 0) is 12.1 Å². The molecule has 0 atom stereocenters. The average Bonchev–Trinajstić information content (AvgIpc) is 2.55. The molecular formula is C17H11N3O. The standard InChI is InChI=1S/C17H11N3O/c21-17-16-13(10-12-8-4-5-9-14(12)18-16)15(19-20-17)11-6-2-1-3-7-11/h1-10H,(H,20,21). The van der Waals surface area contributed by atoms with Crippen molar-refractivity contribution in [1.82, 2.24) is 15.2 Å². The number of benzene rings is 2. The van der Waals surface area contributed by atoms with Crippen LogP contribution in [0.4, 0.5) is 0 Å². The van der Waals surface area contributed by atoms with Gasteiger partial charge in [0.1, 0.15) is 11.2 Å². The number of para-hydroxylation sites is 1. The van der Waals surface area contributed by atoms with Crippen LogP contribution in [0.2, 0.25) is 0 Å². The summed E-state index contributed by atoms with van der Waals surface area (Å²) in [6.45, 7) is 0. The van der Waals surface area contributed by atoms with Gasteiger partial charge in [-0.3, -0.25) is 4.79 Å². The molecule has 21 heavy (non-hydrogen) atoms. The van der Waals surface area contributed by atoms with Gasteiger partial charge in [0.2, 0.25) is 0 Å². The lowest BCUT2D eigenvalue weighted by atomic mass is 10.1. The predicted octanol–water partition coefficient (Wildman–Crippen LogP) is 3.14. The van der Waals surface area contributed by atoms with Crippen LogP contribution in [0.3, 0.4) is 0 Å². The van der Waals surface area contributed by atoms with E-state index in [4.69, 9.17) is 0 Å². The van der Waals surface area contributed by atoms with Crippen LogP contribution in [0.5, 0.6) is 0 Å². The van der Waals surface area contributed by atoms with E-state index in [-0.39, 0.29) is 5.56 Å². The Kier molecular flexibility index (Phi) is 2.54. The summed E-state index contributed by atoms with van der Waals surface area (Å²) in [6, 6.07) is 19.5. The quantitative estimate of drug-likeness (QED) is 0.542. The zero-order chi connectivity index (χ0) is 14.2. The third kappa shape index (κ3) is 1.89. The van der Waals surface area contributed by atoms with Gasteiger partial charge in [0.15, 0.2) is 0 Å². The molecule has 4 rings (SSSR count). The highest BCUT2D eigenvalue weighted by molar-refractivity contribution is 5.98. The smallest absolute Gasteiger partial charge is 0.266 e. The Balaban J connectivity index is 2.16. The van der Waals surface area contributed by atoms with Crippen LogP contribution in [-0.4, -0.2) is 15.2 Å². The number of aromatic nitrogens is 3. The number of pyridine rings is 1. The number of hydrogen-bond donors (Lipinski definition) is 1. The fourth-order valence-corrected chi connectivity index (χ4v) is 2.51. The van der Waals surface area contributed by atoms with Crippen LogP contribution in [0.25, 0.3) is 33.1 Å². The molecule has 0 amide bonds. The largest absolute Gasteiger partial charge is 0.290 e. The summed E-state index contributed by atoms with van der Waals surface area (Å²) < 4.78 is 0. The van der Waals surface area contributed by atoms with E-state index in [9.17, 15) is 4.79 Å². The molecule has 2 aromatic carbocycles. The first-order valence-electron chi connectivity index (χ1n) is 6.66. The van der Waals surface area contributed by atoms with Gasteiger partial charge in [0, 0.05) is 16.3 Å². The second-order valence-corrected chi connectivity index (χ2v) is 4.84. The Morgan fingerprint density at radius 1 is 0.905 bits per heavy atom. The van der Waals surface area contributed by atoms with E-state index in [0.717, 1.165) is 27.5 Å². The maximum atomic E-state index is 12.0. The number of hydrogen-bond acceptors (Lipinski definition) is 3. The predicted molar refractivity (Wildman–Crippen MR) is 83.1 cm³/mol. The Hall–Kier alpha value is -3.01. The number of rotatable bonds is 1. The molecule has 0 fully saturated rings. The van der Waals surface area contributed by atoms with Crippen LogP contribution in [0, 0.1) is 0 Å². The van der Waals surface area contributed by atoms with E-state index >= 15 is 0 Å². The minimum Gasteiger partial charge on any atom is -0.266 e. The molecule has 0 saturated carbocycles. The molecule has 0 saturated heterocycles. The molecule has 0 aliphatic rings. The lowest BCUT2D eigenvalue weighted by Crippen LogP contribution is -2.11. The van der Waals surface area contributed by atoms with Gasteiger partial charge in [-0.25, -0.2) is 10.1 Å². The maximum absolute atomic E-state index is 12.0. The van der Waals surface area contributed by atoms with Crippen molar-refractivity contribution in [3.8, 4) is 11.3 Å². The fraction of sp³-hybridized carbons (Fsp3) is 0. The molecule has 100 valence electrons. The van der Waals surface area contributed by atoms with Crippen LogP contribution in [-0.2, 0) is 0 Å². The lowest BCUT2D eigenvalue weighted by molar-refractivity contribution is 1.01. The van der Waals surface area contributed by atoms with E-state index in [1.807, 2.05) is 60.7 Å². The molecule has 0 bridgehead atoms. The summed E-state index contributed by atoms with van der Waals surface area (Å²) in [5.74, 6) is 0. The number of nitrogens with one attached hydrogen (secondary N) is 1. The SMILES string of the molecule is O=c1[nH]nc(-c2ccccc2)c2cc3ccccc3nc12. The van der Waals surface area contributed by atoms with Crippen molar-refractivity contribution >= 4 is 21.8 Å².